The highest BCUT2D eigenvalue weighted by atomic mass is 16.5. The van der Waals surface area contributed by atoms with Gasteiger partial charge in [0.15, 0.2) is 0 Å². The summed E-state index contributed by atoms with van der Waals surface area (Å²) in [7, 11) is 1.31. The fraction of sp³-hybridized carbons (Fsp3) is 0.526. The highest BCUT2D eigenvalue weighted by Gasteiger charge is 2.38. The SMILES string of the molecule is COC(=O)Nc1ccc(CNC(=O)[C@@H]2CC(=O)N(C3CCCC3)C2)cc1. The molecule has 0 bridgehead atoms. The summed E-state index contributed by atoms with van der Waals surface area (Å²) in [4.78, 5) is 37.7. The molecule has 1 aromatic carbocycles. The fourth-order valence-electron chi connectivity index (χ4n) is 3.68. The van der Waals surface area contributed by atoms with Gasteiger partial charge in [-0.2, -0.15) is 0 Å². The second-order valence-corrected chi connectivity index (χ2v) is 6.92. The molecule has 2 N–H and O–H groups in total. The highest BCUT2D eigenvalue weighted by molar-refractivity contribution is 5.89. The first-order valence-corrected chi connectivity index (χ1v) is 9.08. The Morgan fingerprint density at radius 2 is 1.88 bits per heavy atom. The molecule has 3 amide bonds. The molecule has 0 radical (unpaired) electrons. The monoisotopic (exact) mass is 359 g/mol. The Morgan fingerprint density at radius 3 is 2.54 bits per heavy atom. The molecule has 2 fully saturated rings. The molecule has 1 aliphatic carbocycles. The molecule has 1 saturated heterocycles. The number of anilines is 1. The maximum absolute atomic E-state index is 12.4. The van der Waals surface area contributed by atoms with E-state index in [0.29, 0.717) is 31.2 Å². The van der Waals surface area contributed by atoms with Crippen LogP contribution in [0.5, 0.6) is 0 Å². The third-order valence-corrected chi connectivity index (χ3v) is 5.15. The van der Waals surface area contributed by atoms with Crippen LogP contribution in [0.4, 0.5) is 10.5 Å². The molecule has 1 aromatic rings. The number of carbonyl (C=O) groups is 3. The molecule has 1 atom stereocenters. The van der Waals surface area contributed by atoms with Crippen molar-refractivity contribution in [1.82, 2.24) is 10.2 Å². The third kappa shape index (κ3) is 4.33. The molecule has 26 heavy (non-hydrogen) atoms. The van der Waals surface area contributed by atoms with Gasteiger partial charge in [-0.05, 0) is 30.5 Å². The van der Waals surface area contributed by atoms with Crippen LogP contribution in [0.1, 0.15) is 37.7 Å². The zero-order chi connectivity index (χ0) is 18.5. The third-order valence-electron chi connectivity index (χ3n) is 5.15. The number of hydrogen-bond acceptors (Lipinski definition) is 4. The summed E-state index contributed by atoms with van der Waals surface area (Å²) in [5.74, 6) is -0.228. The molecule has 7 heteroatoms. The average molecular weight is 359 g/mol. The summed E-state index contributed by atoms with van der Waals surface area (Å²) in [6.45, 7) is 0.933. The molecule has 0 spiro atoms. The van der Waals surface area contributed by atoms with Crippen LogP contribution in [0.25, 0.3) is 0 Å². The summed E-state index contributed by atoms with van der Waals surface area (Å²) in [6.07, 6.45) is 4.25. The number of likely N-dealkylation sites (tertiary alicyclic amines) is 1. The van der Waals surface area contributed by atoms with Crippen LogP contribution in [0.2, 0.25) is 0 Å². The van der Waals surface area contributed by atoms with Crippen molar-refractivity contribution in [3.05, 3.63) is 29.8 Å². The largest absolute Gasteiger partial charge is 0.453 e. The van der Waals surface area contributed by atoms with E-state index in [0.717, 1.165) is 18.4 Å². The van der Waals surface area contributed by atoms with E-state index >= 15 is 0 Å². The van der Waals surface area contributed by atoms with Gasteiger partial charge in [-0.1, -0.05) is 25.0 Å². The molecular formula is C19H25N3O4. The van der Waals surface area contributed by atoms with Gasteiger partial charge < -0.3 is 15.0 Å². The first-order chi connectivity index (χ1) is 12.6. The number of hydrogen-bond donors (Lipinski definition) is 2. The Balaban J connectivity index is 1.48. The first-order valence-electron chi connectivity index (χ1n) is 9.08. The van der Waals surface area contributed by atoms with E-state index in [1.165, 1.54) is 20.0 Å². The van der Waals surface area contributed by atoms with Crippen LogP contribution in [0.3, 0.4) is 0 Å². The van der Waals surface area contributed by atoms with Crippen molar-refractivity contribution in [2.45, 2.75) is 44.7 Å². The molecule has 0 aromatic heterocycles. The van der Waals surface area contributed by atoms with E-state index in [1.54, 1.807) is 12.1 Å². The Kier molecular flexibility index (Phi) is 5.75. The Hall–Kier alpha value is -2.57. The lowest BCUT2D eigenvalue weighted by Gasteiger charge is -2.23. The highest BCUT2D eigenvalue weighted by Crippen LogP contribution is 2.29. The molecule has 1 aliphatic heterocycles. The van der Waals surface area contributed by atoms with Gasteiger partial charge >= 0.3 is 6.09 Å². The van der Waals surface area contributed by atoms with Gasteiger partial charge in [0.25, 0.3) is 0 Å². The van der Waals surface area contributed by atoms with E-state index in [-0.39, 0.29) is 17.7 Å². The predicted octanol–water partition coefficient (Wildman–Crippen LogP) is 2.27. The molecule has 7 nitrogen and oxygen atoms in total. The predicted molar refractivity (Wildman–Crippen MR) is 96.4 cm³/mol. The lowest BCUT2D eigenvalue weighted by Crippen LogP contribution is -2.36. The average Bonchev–Trinajstić information content (AvgIpc) is 3.30. The molecule has 140 valence electrons. The molecular weight excluding hydrogens is 334 g/mol. The fourth-order valence-corrected chi connectivity index (χ4v) is 3.68. The molecule has 0 unspecified atom stereocenters. The van der Waals surface area contributed by atoms with Gasteiger partial charge in [-0.3, -0.25) is 14.9 Å². The molecule has 3 rings (SSSR count). The van der Waals surface area contributed by atoms with Crippen molar-refractivity contribution in [1.29, 1.82) is 0 Å². The summed E-state index contributed by atoms with van der Waals surface area (Å²) in [5, 5.41) is 5.49. The number of carbonyl (C=O) groups excluding carboxylic acids is 3. The maximum Gasteiger partial charge on any atom is 0.411 e. The van der Waals surface area contributed by atoms with Gasteiger partial charge in [0, 0.05) is 31.2 Å². The summed E-state index contributed by atoms with van der Waals surface area (Å²) in [5.41, 5.74) is 1.55. The maximum atomic E-state index is 12.4. The van der Waals surface area contributed by atoms with Crippen molar-refractivity contribution in [2.24, 2.45) is 5.92 Å². The van der Waals surface area contributed by atoms with Crippen molar-refractivity contribution in [3.8, 4) is 0 Å². The van der Waals surface area contributed by atoms with E-state index in [2.05, 4.69) is 15.4 Å². The van der Waals surface area contributed by atoms with Crippen LogP contribution in [0, 0.1) is 5.92 Å². The van der Waals surface area contributed by atoms with E-state index in [1.807, 2.05) is 17.0 Å². The van der Waals surface area contributed by atoms with Crippen molar-refractivity contribution in [3.63, 3.8) is 0 Å². The number of nitrogens with one attached hydrogen (secondary N) is 2. The van der Waals surface area contributed by atoms with E-state index in [4.69, 9.17) is 0 Å². The van der Waals surface area contributed by atoms with Gasteiger partial charge in [-0.15, -0.1) is 0 Å². The van der Waals surface area contributed by atoms with E-state index in [9.17, 15) is 14.4 Å². The van der Waals surface area contributed by atoms with Crippen molar-refractivity contribution in [2.75, 3.05) is 19.0 Å². The van der Waals surface area contributed by atoms with Gasteiger partial charge in [0.2, 0.25) is 11.8 Å². The normalized spacial score (nSPS) is 20.3. The Bertz CT molecular complexity index is 668. The number of nitrogens with zero attached hydrogens (tertiary/aromatic N) is 1. The van der Waals surface area contributed by atoms with Crippen molar-refractivity contribution >= 4 is 23.6 Å². The number of rotatable bonds is 5. The van der Waals surface area contributed by atoms with Crippen LogP contribution in [0.15, 0.2) is 24.3 Å². The number of benzene rings is 1. The minimum Gasteiger partial charge on any atom is -0.453 e. The first kappa shape index (κ1) is 18.2. The van der Waals surface area contributed by atoms with Crippen LogP contribution >= 0.6 is 0 Å². The second kappa shape index (κ2) is 8.21. The topological polar surface area (TPSA) is 87.7 Å². The van der Waals surface area contributed by atoms with Crippen LogP contribution < -0.4 is 10.6 Å². The van der Waals surface area contributed by atoms with Crippen molar-refractivity contribution < 1.29 is 19.1 Å². The summed E-state index contributed by atoms with van der Waals surface area (Å²) >= 11 is 0. The number of ether oxygens (including phenoxy) is 1. The van der Waals surface area contributed by atoms with Gasteiger partial charge in [-0.25, -0.2) is 4.79 Å². The number of methoxy groups -OCH3 is 1. The molecule has 2 aliphatic rings. The summed E-state index contributed by atoms with van der Waals surface area (Å²) < 4.78 is 4.54. The molecule has 1 heterocycles. The van der Waals surface area contributed by atoms with Crippen LogP contribution in [-0.2, 0) is 20.9 Å². The zero-order valence-electron chi connectivity index (χ0n) is 15.0. The Morgan fingerprint density at radius 1 is 1.19 bits per heavy atom. The lowest BCUT2D eigenvalue weighted by molar-refractivity contribution is -0.130. The summed E-state index contributed by atoms with van der Waals surface area (Å²) in [6, 6.07) is 7.49. The Labute approximate surface area is 153 Å². The molecule has 1 saturated carbocycles. The van der Waals surface area contributed by atoms with Gasteiger partial charge in [0.1, 0.15) is 0 Å². The quantitative estimate of drug-likeness (QED) is 0.844. The lowest BCUT2D eigenvalue weighted by atomic mass is 10.1. The standard InChI is InChI=1S/C19H25N3O4/c1-26-19(25)21-15-8-6-13(7-9-15)11-20-18(24)14-10-17(23)22(12-14)16-4-2-3-5-16/h6-9,14,16H,2-5,10-12H2,1H3,(H,20,24)(H,21,25)/t14-/m1/s1. The smallest absolute Gasteiger partial charge is 0.411 e. The van der Waals surface area contributed by atoms with E-state index < -0.39 is 6.09 Å². The van der Waals surface area contributed by atoms with Crippen LogP contribution in [-0.4, -0.2) is 42.5 Å². The zero-order valence-corrected chi connectivity index (χ0v) is 15.0. The number of amides is 3. The van der Waals surface area contributed by atoms with Gasteiger partial charge in [0.05, 0.1) is 13.0 Å². The minimum atomic E-state index is -0.524. The second-order valence-electron chi connectivity index (χ2n) is 6.92. The minimum absolute atomic E-state index is 0.0735.